The fourth-order valence-electron chi connectivity index (χ4n) is 3.63. The smallest absolute Gasteiger partial charge is 0.413 e. The fourth-order valence-corrected chi connectivity index (χ4v) is 4.10. The Labute approximate surface area is 203 Å². The second-order valence-corrected chi connectivity index (χ2v) is 8.76. The van der Waals surface area contributed by atoms with Crippen LogP contribution in [-0.4, -0.2) is 55.1 Å². The van der Waals surface area contributed by atoms with Gasteiger partial charge in [-0.05, 0) is 24.3 Å². The number of hydrogen-bond acceptors (Lipinski definition) is 9. The summed E-state index contributed by atoms with van der Waals surface area (Å²) >= 11 is 0. The molecule has 4 rings (SSSR count). The van der Waals surface area contributed by atoms with E-state index in [-0.39, 0.29) is 18.8 Å². The maximum atomic E-state index is 14.5. The first-order chi connectivity index (χ1) is 17.2. The third kappa shape index (κ3) is 5.65. The van der Waals surface area contributed by atoms with Gasteiger partial charge in [-0.15, -0.1) is 0 Å². The fraction of sp³-hybridized carbons (Fsp3) is 0.350. The van der Waals surface area contributed by atoms with Crippen molar-refractivity contribution in [2.75, 3.05) is 11.9 Å². The van der Waals surface area contributed by atoms with E-state index in [1.165, 1.54) is 0 Å². The molecule has 3 aromatic rings. The van der Waals surface area contributed by atoms with Crippen molar-refractivity contribution in [3.05, 3.63) is 52.8 Å². The third-order valence-electron chi connectivity index (χ3n) is 5.30. The molecule has 2 amide bonds. The molecule has 0 radical (unpaired) electrons. The highest BCUT2D eigenvalue weighted by molar-refractivity contribution is 7.44. The van der Waals surface area contributed by atoms with Crippen LogP contribution in [0.2, 0.25) is 0 Å². The van der Waals surface area contributed by atoms with Crippen LogP contribution < -0.4 is 16.1 Å². The number of nitrogens with zero attached hydrogens (tertiary/aromatic N) is 4. The van der Waals surface area contributed by atoms with Crippen molar-refractivity contribution in [2.45, 2.75) is 31.3 Å². The van der Waals surface area contributed by atoms with E-state index in [9.17, 15) is 28.1 Å². The number of carbonyl (C=O) groups is 2. The van der Waals surface area contributed by atoms with Crippen LogP contribution in [0.4, 0.5) is 19.4 Å². The highest BCUT2D eigenvalue weighted by atomic mass is 31.2. The molecular weight excluding hydrogens is 505 g/mol. The molecule has 3 aromatic heterocycles. The molecule has 16 heteroatoms. The summed E-state index contributed by atoms with van der Waals surface area (Å²) in [5, 5.41) is 4.23. The number of alkyl halides is 2. The van der Waals surface area contributed by atoms with Crippen molar-refractivity contribution in [2.24, 2.45) is 7.05 Å². The lowest BCUT2D eigenvalue weighted by atomic mass is 10.2. The van der Waals surface area contributed by atoms with E-state index in [0.29, 0.717) is 10.3 Å². The minimum atomic E-state index is -3.45. The number of fused-ring (bicyclic) bond motifs is 1. The highest BCUT2D eigenvalue weighted by Crippen LogP contribution is 2.42. The van der Waals surface area contributed by atoms with E-state index in [0.717, 1.165) is 23.3 Å². The monoisotopic (exact) mass is 526 g/mol. The van der Waals surface area contributed by atoms with Gasteiger partial charge in [0.1, 0.15) is 12.4 Å². The molecule has 13 nitrogen and oxygen atoms in total. The number of ether oxygens (including phenoxy) is 2. The second kappa shape index (κ2) is 10.6. The van der Waals surface area contributed by atoms with Crippen molar-refractivity contribution in [1.29, 1.82) is 0 Å². The zero-order chi connectivity index (χ0) is 25.9. The van der Waals surface area contributed by atoms with Gasteiger partial charge in [-0.1, -0.05) is 0 Å². The van der Waals surface area contributed by atoms with Gasteiger partial charge in [0.25, 0.3) is 14.4 Å². The Bertz CT molecular complexity index is 1320. The Morgan fingerprint density at radius 1 is 1.44 bits per heavy atom. The average molecular weight is 526 g/mol. The minimum absolute atomic E-state index is 0.0836. The lowest BCUT2D eigenvalue weighted by Gasteiger charge is -2.20. The Hall–Kier alpha value is -3.52. The molecule has 3 atom stereocenters. The molecule has 1 saturated heterocycles. The van der Waals surface area contributed by atoms with E-state index in [4.69, 9.17) is 14.0 Å². The Balaban J connectivity index is 1.36. The molecule has 3 N–H and O–H groups in total. The standard InChI is InChI=1S/C20H21F2N6O7P/c1-27-12(7-14-15(27)3-2-5-23-14)9-33-19(31)26-16-4-6-28(18(30)25-16)17-20(21,22)8-13(35-17)10-34-36(32)24-11-29/h2-7,11,13,17,32H,8-10H2,1H3,(H,24,29)(H,25,26,30,31). The van der Waals surface area contributed by atoms with Gasteiger partial charge in [0.15, 0.2) is 0 Å². The van der Waals surface area contributed by atoms with E-state index < -0.39 is 51.6 Å². The largest absolute Gasteiger partial charge is 0.443 e. The Morgan fingerprint density at radius 3 is 2.97 bits per heavy atom. The van der Waals surface area contributed by atoms with Crippen LogP contribution in [0.15, 0.2) is 41.5 Å². The molecule has 0 bridgehead atoms. The SMILES string of the molecule is Cn1c(COC(=O)Nc2ccn(C3OC(COP(O)NC=O)CC3(F)F)c(=O)n2)cc2ncccc21. The van der Waals surface area contributed by atoms with Gasteiger partial charge in [-0.2, -0.15) is 4.98 Å². The zero-order valence-electron chi connectivity index (χ0n) is 18.7. The normalized spacial score (nSPS) is 19.7. The second-order valence-electron chi connectivity index (χ2n) is 7.70. The molecule has 192 valence electrons. The summed E-state index contributed by atoms with van der Waals surface area (Å²) in [6.45, 7) is -0.519. The Kier molecular flexibility index (Phi) is 7.54. The molecule has 0 aromatic carbocycles. The predicted octanol–water partition coefficient (Wildman–Crippen LogP) is 1.78. The molecule has 1 aliphatic heterocycles. The van der Waals surface area contributed by atoms with Crippen LogP contribution >= 0.6 is 8.53 Å². The first-order valence-corrected chi connectivity index (χ1v) is 11.7. The lowest BCUT2D eigenvalue weighted by Crippen LogP contribution is -2.35. The van der Waals surface area contributed by atoms with Crippen LogP contribution in [-0.2, 0) is 32.4 Å². The van der Waals surface area contributed by atoms with E-state index in [1.807, 2.05) is 15.7 Å². The van der Waals surface area contributed by atoms with Crippen LogP contribution in [0.25, 0.3) is 11.0 Å². The summed E-state index contributed by atoms with van der Waals surface area (Å²) in [5.74, 6) is -3.65. The van der Waals surface area contributed by atoms with Crippen molar-refractivity contribution in [1.82, 2.24) is 24.2 Å². The van der Waals surface area contributed by atoms with Gasteiger partial charge in [0.05, 0.1) is 29.4 Å². The van der Waals surface area contributed by atoms with Crippen molar-refractivity contribution in [3.8, 4) is 0 Å². The summed E-state index contributed by atoms with van der Waals surface area (Å²) in [6.07, 6.45) is -1.96. The number of nitrogens with one attached hydrogen (secondary N) is 2. The van der Waals surface area contributed by atoms with Gasteiger partial charge >= 0.3 is 11.8 Å². The number of carbonyl (C=O) groups excluding carboxylic acids is 2. The summed E-state index contributed by atoms with van der Waals surface area (Å²) in [6, 6.07) is 6.57. The quantitative estimate of drug-likeness (QED) is 0.279. The topological polar surface area (TPSA) is 159 Å². The third-order valence-corrected chi connectivity index (χ3v) is 6.02. The van der Waals surface area contributed by atoms with Gasteiger partial charge in [0.2, 0.25) is 12.6 Å². The number of aromatic nitrogens is 4. The number of anilines is 1. The summed E-state index contributed by atoms with van der Waals surface area (Å²) in [7, 11) is -0.525. The molecule has 0 saturated carbocycles. The van der Waals surface area contributed by atoms with Gasteiger partial charge in [-0.25, -0.2) is 18.4 Å². The number of aryl methyl sites for hydroxylation is 1. The maximum absolute atomic E-state index is 14.5. The average Bonchev–Trinajstić information content (AvgIpc) is 3.32. The van der Waals surface area contributed by atoms with Crippen LogP contribution in [0.5, 0.6) is 0 Å². The number of hydrogen-bond donors (Lipinski definition) is 3. The molecule has 0 spiro atoms. The predicted molar refractivity (Wildman–Crippen MR) is 121 cm³/mol. The van der Waals surface area contributed by atoms with Crippen molar-refractivity contribution in [3.63, 3.8) is 0 Å². The molecule has 0 aliphatic carbocycles. The number of halogens is 2. The van der Waals surface area contributed by atoms with Crippen LogP contribution in [0, 0.1) is 0 Å². The maximum Gasteiger partial charge on any atom is 0.413 e. The van der Waals surface area contributed by atoms with E-state index in [2.05, 4.69) is 15.3 Å². The molecular formula is C20H21F2N6O7P. The van der Waals surface area contributed by atoms with E-state index in [1.54, 1.807) is 25.4 Å². The van der Waals surface area contributed by atoms with Gasteiger partial charge < -0.3 is 23.5 Å². The summed E-state index contributed by atoms with van der Waals surface area (Å²) in [5.41, 5.74) is 1.18. The van der Waals surface area contributed by atoms with E-state index >= 15 is 0 Å². The first-order valence-electron chi connectivity index (χ1n) is 10.5. The van der Waals surface area contributed by atoms with Crippen LogP contribution in [0.3, 0.4) is 0 Å². The summed E-state index contributed by atoms with van der Waals surface area (Å²) in [4.78, 5) is 52.0. The molecule has 4 heterocycles. The summed E-state index contributed by atoms with van der Waals surface area (Å²) < 4.78 is 46.6. The minimum Gasteiger partial charge on any atom is -0.443 e. The molecule has 36 heavy (non-hydrogen) atoms. The molecule has 1 aliphatic rings. The Morgan fingerprint density at radius 2 is 2.25 bits per heavy atom. The van der Waals surface area contributed by atoms with Gasteiger partial charge in [-0.3, -0.25) is 24.7 Å². The van der Waals surface area contributed by atoms with Crippen molar-refractivity contribution < 1.29 is 37.3 Å². The lowest BCUT2D eigenvalue weighted by molar-refractivity contribution is -0.119. The first kappa shape index (κ1) is 25.6. The number of amides is 2. The zero-order valence-corrected chi connectivity index (χ0v) is 19.6. The molecule has 1 fully saturated rings. The number of pyridine rings is 1. The highest BCUT2D eigenvalue weighted by Gasteiger charge is 2.52. The van der Waals surface area contributed by atoms with Crippen molar-refractivity contribution >= 4 is 37.9 Å². The van der Waals surface area contributed by atoms with Crippen LogP contribution in [0.1, 0.15) is 18.3 Å². The number of rotatable bonds is 9. The van der Waals surface area contributed by atoms with Gasteiger partial charge in [0, 0.05) is 25.9 Å². The molecule has 3 unspecified atom stereocenters.